The van der Waals surface area contributed by atoms with E-state index >= 15 is 0 Å². The molecule has 3 heteroatoms. The zero-order valence-corrected chi connectivity index (χ0v) is 10.1. The van der Waals surface area contributed by atoms with Gasteiger partial charge in [-0.25, -0.2) is 0 Å². The summed E-state index contributed by atoms with van der Waals surface area (Å²) in [6.45, 7) is 3.05. The van der Waals surface area contributed by atoms with Crippen molar-refractivity contribution in [2.75, 3.05) is 20.8 Å². The van der Waals surface area contributed by atoms with E-state index < -0.39 is 0 Å². The Kier molecular flexibility index (Phi) is 5.91. The summed E-state index contributed by atoms with van der Waals surface area (Å²) in [6, 6.07) is 0.213. The van der Waals surface area contributed by atoms with Crippen LogP contribution in [0.4, 0.5) is 0 Å². The highest BCUT2D eigenvalue weighted by atomic mass is 16.7. The normalized spacial score (nSPS) is 19.1. The first kappa shape index (κ1) is 12.7. The Labute approximate surface area is 92.8 Å². The van der Waals surface area contributed by atoms with Crippen LogP contribution in [0.1, 0.15) is 32.6 Å². The maximum absolute atomic E-state index is 5.34. The van der Waals surface area contributed by atoms with Gasteiger partial charge in [0.2, 0.25) is 0 Å². The van der Waals surface area contributed by atoms with E-state index in [4.69, 9.17) is 9.47 Å². The third kappa shape index (κ3) is 3.59. The van der Waals surface area contributed by atoms with Gasteiger partial charge in [-0.15, -0.1) is 0 Å². The molecule has 0 aromatic carbocycles. The molecule has 1 aliphatic carbocycles. The lowest BCUT2D eigenvalue weighted by atomic mass is 9.93. The molecule has 88 valence electrons. The lowest BCUT2D eigenvalue weighted by Crippen LogP contribution is -2.43. The molecule has 0 amide bonds. The van der Waals surface area contributed by atoms with Gasteiger partial charge in [-0.05, 0) is 32.2 Å². The van der Waals surface area contributed by atoms with Crippen molar-refractivity contribution in [3.8, 4) is 0 Å². The molecule has 1 aliphatic rings. The molecule has 0 aromatic heterocycles. The fraction of sp³-hybridized carbons (Fsp3) is 0.833. The highest BCUT2D eigenvalue weighted by Crippen LogP contribution is 2.23. The average Bonchev–Trinajstić information content (AvgIpc) is 2.30. The van der Waals surface area contributed by atoms with Gasteiger partial charge in [-0.1, -0.05) is 18.6 Å². The Balaban J connectivity index is 2.66. The summed E-state index contributed by atoms with van der Waals surface area (Å²) in [5.41, 5.74) is 1.44. The monoisotopic (exact) mass is 213 g/mol. The van der Waals surface area contributed by atoms with Crippen molar-refractivity contribution in [2.24, 2.45) is 0 Å². The molecule has 15 heavy (non-hydrogen) atoms. The van der Waals surface area contributed by atoms with E-state index in [9.17, 15) is 0 Å². The Bertz CT molecular complexity index is 200. The van der Waals surface area contributed by atoms with Crippen molar-refractivity contribution in [1.29, 1.82) is 0 Å². The van der Waals surface area contributed by atoms with Crippen LogP contribution < -0.4 is 5.32 Å². The summed E-state index contributed by atoms with van der Waals surface area (Å²) < 4.78 is 10.7. The number of allylic oxidation sites excluding steroid dienone is 1. The minimum absolute atomic E-state index is 0.172. The van der Waals surface area contributed by atoms with Gasteiger partial charge in [0.15, 0.2) is 6.29 Å². The topological polar surface area (TPSA) is 30.5 Å². The maximum Gasteiger partial charge on any atom is 0.175 e. The van der Waals surface area contributed by atoms with Crippen molar-refractivity contribution in [3.05, 3.63) is 11.6 Å². The standard InChI is InChI=1S/C12H23NO2/c1-4-13-11(12(14-2)15-3)10-8-6-5-7-9-10/h8,11-13H,4-7,9H2,1-3H3. The Morgan fingerprint density at radius 2 is 2.07 bits per heavy atom. The van der Waals surface area contributed by atoms with Crippen molar-refractivity contribution in [2.45, 2.75) is 44.9 Å². The van der Waals surface area contributed by atoms with Crippen LogP contribution in [-0.2, 0) is 9.47 Å². The second kappa shape index (κ2) is 6.99. The molecule has 0 bridgehead atoms. The average molecular weight is 213 g/mol. The van der Waals surface area contributed by atoms with Crippen molar-refractivity contribution >= 4 is 0 Å². The molecule has 0 fully saturated rings. The predicted molar refractivity (Wildman–Crippen MR) is 61.8 cm³/mol. The van der Waals surface area contributed by atoms with E-state index in [0.717, 1.165) is 6.54 Å². The number of hydrogen-bond acceptors (Lipinski definition) is 3. The molecule has 1 rings (SSSR count). The molecule has 1 unspecified atom stereocenters. The first-order chi connectivity index (χ1) is 7.33. The Morgan fingerprint density at radius 1 is 1.33 bits per heavy atom. The third-order valence-electron chi connectivity index (χ3n) is 2.89. The fourth-order valence-electron chi connectivity index (χ4n) is 2.14. The second-order valence-electron chi connectivity index (χ2n) is 3.90. The van der Waals surface area contributed by atoms with Crippen LogP contribution in [0, 0.1) is 0 Å². The molecule has 0 saturated carbocycles. The number of likely N-dealkylation sites (N-methyl/N-ethyl adjacent to an activating group) is 1. The smallest absolute Gasteiger partial charge is 0.175 e. The van der Waals surface area contributed by atoms with E-state index in [-0.39, 0.29) is 12.3 Å². The van der Waals surface area contributed by atoms with E-state index in [2.05, 4.69) is 18.3 Å². The van der Waals surface area contributed by atoms with Crippen LogP contribution in [0.2, 0.25) is 0 Å². The second-order valence-corrected chi connectivity index (χ2v) is 3.90. The highest BCUT2D eigenvalue weighted by Gasteiger charge is 2.24. The molecule has 0 radical (unpaired) electrons. The van der Waals surface area contributed by atoms with E-state index in [1.54, 1.807) is 14.2 Å². The summed E-state index contributed by atoms with van der Waals surface area (Å²) in [6.07, 6.45) is 7.12. The van der Waals surface area contributed by atoms with Crippen molar-refractivity contribution in [1.82, 2.24) is 5.32 Å². The first-order valence-corrected chi connectivity index (χ1v) is 5.81. The molecule has 3 nitrogen and oxygen atoms in total. The third-order valence-corrected chi connectivity index (χ3v) is 2.89. The summed E-state index contributed by atoms with van der Waals surface area (Å²) in [7, 11) is 3.39. The van der Waals surface area contributed by atoms with E-state index in [0.29, 0.717) is 0 Å². The molecule has 0 heterocycles. The quantitative estimate of drug-likeness (QED) is 0.541. The van der Waals surface area contributed by atoms with Crippen molar-refractivity contribution < 1.29 is 9.47 Å². The number of ether oxygens (including phenoxy) is 2. The number of nitrogens with one attached hydrogen (secondary N) is 1. The molecule has 0 saturated heterocycles. The van der Waals surface area contributed by atoms with Crippen LogP contribution in [0.15, 0.2) is 11.6 Å². The maximum atomic E-state index is 5.34. The van der Waals surface area contributed by atoms with Gasteiger partial charge < -0.3 is 14.8 Å². The van der Waals surface area contributed by atoms with Crippen LogP contribution in [-0.4, -0.2) is 33.1 Å². The minimum atomic E-state index is -0.172. The molecular weight excluding hydrogens is 190 g/mol. The summed E-state index contributed by atoms with van der Waals surface area (Å²) in [4.78, 5) is 0. The van der Waals surface area contributed by atoms with Gasteiger partial charge >= 0.3 is 0 Å². The zero-order chi connectivity index (χ0) is 11.1. The zero-order valence-electron chi connectivity index (χ0n) is 10.1. The molecule has 1 atom stereocenters. The molecule has 0 spiro atoms. The number of methoxy groups -OCH3 is 2. The molecular formula is C12H23NO2. The van der Waals surface area contributed by atoms with Crippen LogP contribution in [0.25, 0.3) is 0 Å². The number of hydrogen-bond donors (Lipinski definition) is 1. The van der Waals surface area contributed by atoms with Crippen LogP contribution in [0.5, 0.6) is 0 Å². The summed E-state index contributed by atoms with van der Waals surface area (Å²) in [5.74, 6) is 0. The van der Waals surface area contributed by atoms with E-state index in [1.807, 2.05) is 0 Å². The van der Waals surface area contributed by atoms with Gasteiger partial charge in [0.1, 0.15) is 0 Å². The van der Waals surface area contributed by atoms with E-state index in [1.165, 1.54) is 31.3 Å². The van der Waals surface area contributed by atoms with Crippen molar-refractivity contribution in [3.63, 3.8) is 0 Å². The summed E-state index contributed by atoms with van der Waals surface area (Å²) >= 11 is 0. The highest BCUT2D eigenvalue weighted by molar-refractivity contribution is 5.14. The Morgan fingerprint density at radius 3 is 2.53 bits per heavy atom. The van der Waals surface area contributed by atoms with Crippen LogP contribution in [0.3, 0.4) is 0 Å². The van der Waals surface area contributed by atoms with Gasteiger partial charge in [0.05, 0.1) is 6.04 Å². The van der Waals surface area contributed by atoms with Gasteiger partial charge in [-0.2, -0.15) is 0 Å². The molecule has 0 aliphatic heterocycles. The lowest BCUT2D eigenvalue weighted by Gasteiger charge is -2.29. The summed E-state index contributed by atoms with van der Waals surface area (Å²) in [5, 5.41) is 3.44. The Hall–Kier alpha value is -0.380. The SMILES string of the molecule is CCNC(C1=CCCCC1)C(OC)OC. The first-order valence-electron chi connectivity index (χ1n) is 5.81. The largest absolute Gasteiger partial charge is 0.354 e. The van der Waals surface area contributed by atoms with Gasteiger partial charge in [-0.3, -0.25) is 0 Å². The van der Waals surface area contributed by atoms with Gasteiger partial charge in [0, 0.05) is 14.2 Å². The van der Waals surface area contributed by atoms with Crippen LogP contribution >= 0.6 is 0 Å². The molecule has 1 N–H and O–H groups in total. The lowest BCUT2D eigenvalue weighted by molar-refractivity contribution is -0.116. The molecule has 0 aromatic rings. The number of rotatable bonds is 6. The minimum Gasteiger partial charge on any atom is -0.354 e. The van der Waals surface area contributed by atoms with Gasteiger partial charge in [0.25, 0.3) is 0 Å². The predicted octanol–water partition coefficient (Wildman–Crippen LogP) is 2.08. The fourth-order valence-corrected chi connectivity index (χ4v) is 2.14.